The summed E-state index contributed by atoms with van der Waals surface area (Å²) in [6, 6.07) is 10.8. The normalized spacial score (nSPS) is 11.0. The van der Waals surface area contributed by atoms with Crippen molar-refractivity contribution in [3.63, 3.8) is 0 Å². The first-order chi connectivity index (χ1) is 11.0. The molecule has 1 N–H and O–H groups in total. The zero-order chi connectivity index (χ0) is 16.8. The minimum Gasteiger partial charge on any atom is -0.497 e. The van der Waals surface area contributed by atoms with Crippen LogP contribution in [-0.2, 0) is 0 Å². The number of nitrogens with one attached hydrogen (secondary N) is 1. The van der Waals surface area contributed by atoms with Crippen molar-refractivity contribution in [2.45, 2.75) is 6.92 Å². The number of rotatable bonds is 6. The average molecular weight is 315 g/mol. The Labute approximate surface area is 134 Å². The van der Waals surface area contributed by atoms with E-state index in [1.165, 1.54) is 30.3 Å². The summed E-state index contributed by atoms with van der Waals surface area (Å²) in [6.45, 7) is 1.76. The Morgan fingerprint density at radius 3 is 2.39 bits per heavy atom. The smallest absolute Gasteiger partial charge is 0.187 e. The van der Waals surface area contributed by atoms with Crippen LogP contribution in [0, 0.1) is 5.82 Å². The summed E-state index contributed by atoms with van der Waals surface area (Å²) >= 11 is 0. The molecule has 0 unspecified atom stereocenters. The van der Waals surface area contributed by atoms with Gasteiger partial charge in [-0.2, -0.15) is 0 Å². The summed E-state index contributed by atoms with van der Waals surface area (Å²) < 4.78 is 23.3. The molecule has 0 spiro atoms. The number of allylic oxidation sites excluding steroid dienone is 2. The van der Waals surface area contributed by atoms with Crippen LogP contribution >= 0.6 is 0 Å². The number of carbonyl (C=O) groups is 1. The Balaban J connectivity index is 2.19. The maximum atomic E-state index is 12.9. The fourth-order valence-corrected chi connectivity index (χ4v) is 2.05. The second-order valence-electron chi connectivity index (χ2n) is 4.89. The fraction of sp³-hybridized carbons (Fsp3) is 0.167. The number of carbonyl (C=O) groups excluding carboxylic acids is 1. The van der Waals surface area contributed by atoms with E-state index in [9.17, 15) is 9.18 Å². The molecular formula is C18H18FNO3. The predicted molar refractivity (Wildman–Crippen MR) is 87.7 cm³/mol. The number of hydrogen-bond acceptors (Lipinski definition) is 4. The molecule has 4 nitrogen and oxygen atoms in total. The number of methoxy groups -OCH3 is 2. The van der Waals surface area contributed by atoms with Crippen molar-refractivity contribution in [3.05, 3.63) is 65.6 Å². The van der Waals surface area contributed by atoms with Crippen LogP contribution in [0.3, 0.4) is 0 Å². The van der Waals surface area contributed by atoms with Crippen molar-refractivity contribution in [1.82, 2.24) is 0 Å². The number of ether oxygens (including phenoxy) is 2. The summed E-state index contributed by atoms with van der Waals surface area (Å²) in [5.74, 6) is 0.720. The quantitative estimate of drug-likeness (QED) is 0.645. The van der Waals surface area contributed by atoms with Crippen molar-refractivity contribution in [2.24, 2.45) is 0 Å². The Morgan fingerprint density at radius 2 is 1.78 bits per heavy atom. The number of halogens is 1. The Morgan fingerprint density at radius 1 is 1.09 bits per heavy atom. The van der Waals surface area contributed by atoms with Gasteiger partial charge in [-0.15, -0.1) is 0 Å². The number of hydrogen-bond donors (Lipinski definition) is 1. The van der Waals surface area contributed by atoms with Gasteiger partial charge in [0.2, 0.25) is 0 Å². The molecule has 0 aliphatic rings. The summed E-state index contributed by atoms with van der Waals surface area (Å²) in [4.78, 5) is 12.1. The van der Waals surface area contributed by atoms with Crippen molar-refractivity contribution in [1.29, 1.82) is 0 Å². The van der Waals surface area contributed by atoms with E-state index in [4.69, 9.17) is 9.47 Å². The van der Waals surface area contributed by atoms with Gasteiger partial charge < -0.3 is 14.8 Å². The standard InChI is InChI=1S/C18H18FNO3/c1-12(10-17(21)13-4-6-14(19)7-5-13)20-16-11-15(22-2)8-9-18(16)23-3/h4-11,20H,1-3H3/b12-10+. The van der Waals surface area contributed by atoms with Gasteiger partial charge in [0.1, 0.15) is 17.3 Å². The molecule has 23 heavy (non-hydrogen) atoms. The summed E-state index contributed by atoms with van der Waals surface area (Å²) in [5.41, 5.74) is 1.74. The van der Waals surface area contributed by atoms with E-state index in [1.807, 2.05) is 0 Å². The molecule has 0 aliphatic carbocycles. The Hall–Kier alpha value is -2.82. The first kappa shape index (κ1) is 16.5. The SMILES string of the molecule is COc1ccc(OC)c(N/C(C)=C/C(=O)c2ccc(F)cc2)c1. The van der Waals surface area contributed by atoms with Crippen LogP contribution in [0.1, 0.15) is 17.3 Å². The molecule has 0 heterocycles. The first-order valence-corrected chi connectivity index (χ1v) is 7.00. The van der Waals surface area contributed by atoms with E-state index in [-0.39, 0.29) is 11.6 Å². The lowest BCUT2D eigenvalue weighted by Gasteiger charge is -2.12. The molecule has 0 saturated carbocycles. The van der Waals surface area contributed by atoms with Crippen LogP contribution in [-0.4, -0.2) is 20.0 Å². The van der Waals surface area contributed by atoms with Gasteiger partial charge in [0.25, 0.3) is 0 Å². The summed E-state index contributed by atoms with van der Waals surface area (Å²) in [5, 5.41) is 3.11. The minimum atomic E-state index is -0.374. The van der Waals surface area contributed by atoms with E-state index < -0.39 is 0 Å². The molecule has 120 valence electrons. The lowest BCUT2D eigenvalue weighted by molar-refractivity contribution is 0.104. The van der Waals surface area contributed by atoms with Crippen LogP contribution < -0.4 is 14.8 Å². The molecule has 2 aromatic rings. The zero-order valence-corrected chi connectivity index (χ0v) is 13.2. The Kier molecular flexibility index (Phi) is 5.36. The first-order valence-electron chi connectivity index (χ1n) is 7.00. The number of ketones is 1. The number of anilines is 1. The van der Waals surface area contributed by atoms with Gasteiger partial charge in [0.15, 0.2) is 5.78 Å². The molecule has 0 saturated heterocycles. The third-order valence-electron chi connectivity index (χ3n) is 3.21. The molecule has 5 heteroatoms. The van der Waals surface area contributed by atoms with E-state index in [0.29, 0.717) is 28.4 Å². The highest BCUT2D eigenvalue weighted by molar-refractivity contribution is 6.05. The maximum Gasteiger partial charge on any atom is 0.187 e. The highest BCUT2D eigenvalue weighted by Crippen LogP contribution is 2.29. The van der Waals surface area contributed by atoms with Crippen molar-refractivity contribution in [2.75, 3.05) is 19.5 Å². The van der Waals surface area contributed by atoms with Crippen molar-refractivity contribution < 1.29 is 18.7 Å². The molecule has 2 rings (SSSR count). The summed E-state index contributed by atoms with van der Waals surface area (Å²) in [7, 11) is 3.14. The van der Waals surface area contributed by atoms with Crippen LogP contribution in [0.2, 0.25) is 0 Å². The lowest BCUT2D eigenvalue weighted by atomic mass is 10.1. The third kappa shape index (κ3) is 4.32. The monoisotopic (exact) mass is 315 g/mol. The molecule has 0 aliphatic heterocycles. The van der Waals surface area contributed by atoms with Crippen LogP contribution in [0.25, 0.3) is 0 Å². The highest BCUT2D eigenvalue weighted by atomic mass is 19.1. The minimum absolute atomic E-state index is 0.211. The van der Waals surface area contributed by atoms with Crippen molar-refractivity contribution in [3.8, 4) is 11.5 Å². The molecule has 0 fully saturated rings. The number of benzene rings is 2. The molecule has 0 radical (unpaired) electrons. The van der Waals surface area contributed by atoms with Crippen LogP contribution in [0.15, 0.2) is 54.2 Å². The largest absolute Gasteiger partial charge is 0.497 e. The third-order valence-corrected chi connectivity index (χ3v) is 3.21. The second kappa shape index (κ2) is 7.45. The molecule has 0 atom stereocenters. The average Bonchev–Trinajstić information content (AvgIpc) is 2.55. The van der Waals surface area contributed by atoms with Crippen LogP contribution in [0.5, 0.6) is 11.5 Å². The van der Waals surface area contributed by atoms with Gasteiger partial charge in [-0.3, -0.25) is 4.79 Å². The molecular weight excluding hydrogens is 297 g/mol. The van der Waals surface area contributed by atoms with Gasteiger partial charge in [-0.05, 0) is 43.3 Å². The molecule has 0 bridgehead atoms. The van der Waals surface area contributed by atoms with Crippen molar-refractivity contribution >= 4 is 11.5 Å². The zero-order valence-electron chi connectivity index (χ0n) is 13.2. The van der Waals surface area contributed by atoms with E-state index >= 15 is 0 Å². The van der Waals surface area contributed by atoms with Gasteiger partial charge in [-0.1, -0.05) is 0 Å². The van der Waals surface area contributed by atoms with Gasteiger partial charge in [0.05, 0.1) is 19.9 Å². The molecule has 0 aromatic heterocycles. The molecule has 0 amide bonds. The van der Waals surface area contributed by atoms with Crippen LogP contribution in [0.4, 0.5) is 10.1 Å². The van der Waals surface area contributed by atoms with Gasteiger partial charge >= 0.3 is 0 Å². The fourth-order valence-electron chi connectivity index (χ4n) is 2.05. The lowest BCUT2D eigenvalue weighted by Crippen LogP contribution is -2.03. The van der Waals surface area contributed by atoms with E-state index in [0.717, 1.165) is 0 Å². The summed E-state index contributed by atoms with van der Waals surface area (Å²) in [6.07, 6.45) is 1.45. The van der Waals surface area contributed by atoms with E-state index in [2.05, 4.69) is 5.32 Å². The van der Waals surface area contributed by atoms with E-state index in [1.54, 1.807) is 39.3 Å². The highest BCUT2D eigenvalue weighted by Gasteiger charge is 2.07. The predicted octanol–water partition coefficient (Wildman–Crippen LogP) is 4.04. The maximum absolute atomic E-state index is 12.9. The Bertz CT molecular complexity index is 724. The van der Waals surface area contributed by atoms with Gasteiger partial charge in [0, 0.05) is 23.4 Å². The molecule has 2 aromatic carbocycles. The second-order valence-corrected chi connectivity index (χ2v) is 4.89. The van der Waals surface area contributed by atoms with Gasteiger partial charge in [-0.25, -0.2) is 4.39 Å². The topological polar surface area (TPSA) is 47.6 Å².